The van der Waals surface area contributed by atoms with Crippen molar-refractivity contribution in [1.29, 1.82) is 0 Å². The number of carbonyl (C=O) groups excluding carboxylic acids is 3. The largest absolute Gasteiger partial charge is 0.335 e. The Morgan fingerprint density at radius 2 is 1.57 bits per heavy atom. The molecule has 2 aliphatic heterocycles. The van der Waals surface area contributed by atoms with Crippen molar-refractivity contribution in [2.24, 2.45) is 10.8 Å². The zero-order chi connectivity index (χ0) is 21.3. The molecule has 30 heavy (non-hydrogen) atoms. The van der Waals surface area contributed by atoms with Gasteiger partial charge in [0.2, 0.25) is 0 Å². The first-order valence-electron chi connectivity index (χ1n) is 10.3. The van der Waals surface area contributed by atoms with Gasteiger partial charge in [0.15, 0.2) is 0 Å². The molecule has 3 aliphatic rings. The number of amides is 3. The Bertz CT molecular complexity index is 1040. The van der Waals surface area contributed by atoms with Gasteiger partial charge in [-0.1, -0.05) is 20.8 Å². The van der Waals surface area contributed by atoms with Crippen molar-refractivity contribution in [3.63, 3.8) is 0 Å². The molecule has 154 valence electrons. The van der Waals surface area contributed by atoms with Gasteiger partial charge in [0, 0.05) is 18.2 Å². The molecule has 7 nitrogen and oxygen atoms in total. The normalized spacial score (nSPS) is 26.8. The van der Waals surface area contributed by atoms with E-state index in [9.17, 15) is 14.4 Å². The molecule has 2 bridgehead atoms. The highest BCUT2D eigenvalue weighted by atomic mass is 16.2. The summed E-state index contributed by atoms with van der Waals surface area (Å²) in [6.45, 7) is 7.63. The first kappa shape index (κ1) is 18.9. The van der Waals surface area contributed by atoms with Crippen LogP contribution in [0.25, 0.3) is 0 Å². The molecule has 3 heterocycles. The Morgan fingerprint density at radius 1 is 0.967 bits per heavy atom. The number of aromatic nitrogens is 2. The van der Waals surface area contributed by atoms with Crippen LogP contribution in [0.5, 0.6) is 0 Å². The Morgan fingerprint density at radius 3 is 2.17 bits per heavy atom. The first-order chi connectivity index (χ1) is 14.2. The van der Waals surface area contributed by atoms with Crippen molar-refractivity contribution >= 4 is 23.4 Å². The van der Waals surface area contributed by atoms with Crippen LogP contribution >= 0.6 is 0 Å². The van der Waals surface area contributed by atoms with Gasteiger partial charge in [-0.15, -0.1) is 0 Å². The van der Waals surface area contributed by atoms with Gasteiger partial charge in [-0.2, -0.15) is 10.2 Å². The van der Waals surface area contributed by atoms with Crippen LogP contribution in [0.1, 0.15) is 71.1 Å². The number of nitrogens with zero attached hydrogens (tertiary/aromatic N) is 4. The Kier molecular flexibility index (Phi) is 3.91. The molecule has 1 saturated carbocycles. The molecule has 2 fully saturated rings. The third-order valence-corrected chi connectivity index (χ3v) is 6.65. The SMILES string of the molecule is CC1(C)C[C@H]2C[C@@](C)(CN2C(=O)c2ccc(N3C(=O)c4cnncc4C3=O)cc2)C1. The van der Waals surface area contributed by atoms with Gasteiger partial charge in [-0.25, -0.2) is 4.90 Å². The van der Waals surface area contributed by atoms with E-state index in [-0.39, 0.29) is 33.9 Å². The molecule has 2 atom stereocenters. The molecule has 5 rings (SSSR count). The summed E-state index contributed by atoms with van der Waals surface area (Å²) in [5.74, 6) is -0.830. The second-order valence-electron chi connectivity index (χ2n) is 9.96. The van der Waals surface area contributed by atoms with E-state index in [1.807, 2.05) is 4.90 Å². The molecular weight excluding hydrogens is 380 g/mol. The molecule has 0 radical (unpaired) electrons. The predicted octanol–water partition coefficient (Wildman–Crippen LogP) is 3.32. The van der Waals surface area contributed by atoms with Crippen LogP contribution in [0.3, 0.4) is 0 Å². The van der Waals surface area contributed by atoms with Crippen LogP contribution in [0.2, 0.25) is 0 Å². The first-order valence-corrected chi connectivity index (χ1v) is 10.3. The van der Waals surface area contributed by atoms with Crippen molar-refractivity contribution in [2.45, 2.75) is 46.1 Å². The molecule has 0 N–H and O–H groups in total. The highest BCUT2D eigenvalue weighted by Gasteiger charge is 2.51. The molecule has 0 spiro atoms. The van der Waals surface area contributed by atoms with Crippen molar-refractivity contribution in [3.8, 4) is 0 Å². The lowest BCUT2D eigenvalue weighted by Crippen LogP contribution is -2.37. The molecule has 7 heteroatoms. The maximum absolute atomic E-state index is 13.2. The highest BCUT2D eigenvalue weighted by Crippen LogP contribution is 2.52. The van der Waals surface area contributed by atoms with Crippen LogP contribution in [0.15, 0.2) is 36.7 Å². The minimum absolute atomic E-state index is 0.0173. The van der Waals surface area contributed by atoms with Crippen LogP contribution in [-0.2, 0) is 0 Å². The van der Waals surface area contributed by atoms with Gasteiger partial charge < -0.3 is 4.90 Å². The smallest absolute Gasteiger partial charge is 0.267 e. The van der Waals surface area contributed by atoms with E-state index in [1.54, 1.807) is 24.3 Å². The van der Waals surface area contributed by atoms with Crippen molar-refractivity contribution in [3.05, 3.63) is 53.3 Å². The quantitative estimate of drug-likeness (QED) is 0.717. The van der Waals surface area contributed by atoms with Crippen LogP contribution in [0, 0.1) is 10.8 Å². The van der Waals surface area contributed by atoms with E-state index < -0.39 is 11.8 Å². The van der Waals surface area contributed by atoms with Crippen molar-refractivity contribution in [2.75, 3.05) is 11.4 Å². The summed E-state index contributed by atoms with van der Waals surface area (Å²) in [6, 6.07) is 6.98. The molecule has 1 saturated heterocycles. The van der Waals surface area contributed by atoms with Crippen LogP contribution in [-0.4, -0.2) is 45.4 Å². The lowest BCUT2D eigenvalue weighted by Gasteiger charge is -2.39. The van der Waals surface area contributed by atoms with Gasteiger partial charge in [-0.3, -0.25) is 14.4 Å². The van der Waals surface area contributed by atoms with Crippen molar-refractivity contribution < 1.29 is 14.4 Å². The summed E-state index contributed by atoms with van der Waals surface area (Å²) in [4.78, 5) is 41.6. The fourth-order valence-electron chi connectivity index (χ4n) is 5.85. The summed E-state index contributed by atoms with van der Waals surface area (Å²) in [6.07, 6.45) is 5.81. The zero-order valence-corrected chi connectivity index (χ0v) is 17.4. The molecule has 0 unspecified atom stereocenters. The standard InChI is InChI=1S/C23H24N4O3/c1-22(2)8-16-9-23(3,12-22)13-26(16)19(28)14-4-6-15(7-5-14)27-20(29)17-10-24-25-11-18(17)21(27)30/h4-7,10-11,16H,8-9,12-13H2,1-3H3/t16-,23+/m0/s1. The zero-order valence-electron chi connectivity index (χ0n) is 17.4. The van der Waals surface area contributed by atoms with Gasteiger partial charge in [0.25, 0.3) is 17.7 Å². The van der Waals surface area contributed by atoms with E-state index in [4.69, 9.17) is 0 Å². The summed E-state index contributed by atoms with van der Waals surface area (Å²) in [5, 5.41) is 7.39. The highest BCUT2D eigenvalue weighted by molar-refractivity contribution is 6.34. The molecule has 1 aliphatic carbocycles. The summed E-state index contributed by atoms with van der Waals surface area (Å²) >= 11 is 0. The fourth-order valence-corrected chi connectivity index (χ4v) is 5.85. The number of benzene rings is 1. The Balaban J connectivity index is 1.38. The van der Waals surface area contributed by atoms with E-state index in [2.05, 4.69) is 31.0 Å². The third kappa shape index (κ3) is 2.83. The molecule has 1 aromatic heterocycles. The summed E-state index contributed by atoms with van der Waals surface area (Å²) in [5.41, 5.74) is 1.92. The number of fused-ring (bicyclic) bond motifs is 3. The van der Waals surface area contributed by atoms with E-state index in [0.29, 0.717) is 11.3 Å². The molecule has 1 aromatic carbocycles. The second kappa shape index (κ2) is 6.20. The van der Waals surface area contributed by atoms with Gasteiger partial charge in [0.05, 0.1) is 29.2 Å². The topological polar surface area (TPSA) is 83.5 Å². The van der Waals surface area contributed by atoms with Gasteiger partial charge >= 0.3 is 0 Å². The number of hydrogen-bond donors (Lipinski definition) is 0. The van der Waals surface area contributed by atoms with E-state index in [1.165, 1.54) is 12.4 Å². The lowest BCUT2D eigenvalue weighted by molar-refractivity contribution is 0.0708. The summed E-state index contributed by atoms with van der Waals surface area (Å²) in [7, 11) is 0. The average molecular weight is 404 g/mol. The van der Waals surface area contributed by atoms with Crippen LogP contribution in [0.4, 0.5) is 5.69 Å². The van der Waals surface area contributed by atoms with Crippen LogP contribution < -0.4 is 4.90 Å². The summed E-state index contributed by atoms with van der Waals surface area (Å²) < 4.78 is 0. The minimum Gasteiger partial charge on any atom is -0.335 e. The van der Waals surface area contributed by atoms with Gasteiger partial charge in [-0.05, 0) is 54.4 Å². The minimum atomic E-state index is -0.424. The van der Waals surface area contributed by atoms with Crippen molar-refractivity contribution in [1.82, 2.24) is 15.1 Å². The Labute approximate surface area is 175 Å². The van der Waals surface area contributed by atoms with Gasteiger partial charge in [0.1, 0.15) is 0 Å². The second-order valence-corrected chi connectivity index (χ2v) is 9.96. The maximum Gasteiger partial charge on any atom is 0.267 e. The number of likely N-dealkylation sites (tertiary alicyclic amines) is 1. The lowest BCUT2D eigenvalue weighted by atomic mass is 9.65. The maximum atomic E-state index is 13.2. The number of carbonyl (C=O) groups is 3. The molecule has 3 amide bonds. The third-order valence-electron chi connectivity index (χ3n) is 6.65. The Hall–Kier alpha value is -3.09. The number of anilines is 1. The molecular formula is C23H24N4O3. The van der Waals surface area contributed by atoms with E-state index in [0.717, 1.165) is 30.7 Å². The van der Waals surface area contributed by atoms with E-state index >= 15 is 0 Å². The predicted molar refractivity (Wildman–Crippen MR) is 110 cm³/mol. The number of imide groups is 1. The molecule has 2 aromatic rings. The fraction of sp³-hybridized carbons (Fsp3) is 0.435. The number of rotatable bonds is 2. The number of hydrogen-bond acceptors (Lipinski definition) is 5. The average Bonchev–Trinajstić information content (AvgIpc) is 3.10. The monoisotopic (exact) mass is 404 g/mol.